The maximum absolute atomic E-state index is 13.2. The lowest BCUT2D eigenvalue weighted by Crippen LogP contribution is -1.80. The van der Waals surface area contributed by atoms with Crippen LogP contribution in [-0.2, 0) is 0 Å². The van der Waals surface area contributed by atoms with Gasteiger partial charge in [0.25, 0.3) is 0 Å². The van der Waals surface area contributed by atoms with E-state index in [1.807, 2.05) is 18.2 Å². The van der Waals surface area contributed by atoms with Crippen LogP contribution in [0.4, 0.5) is 4.39 Å². The zero-order chi connectivity index (χ0) is 8.55. The molecule has 0 atom stereocenters. The fourth-order valence-electron chi connectivity index (χ4n) is 1.23. The molecule has 0 aliphatic carbocycles. The second-order valence-electron chi connectivity index (χ2n) is 2.57. The van der Waals surface area contributed by atoms with Gasteiger partial charge in [0, 0.05) is 8.96 Å². The molecule has 0 saturated carbocycles. The first-order chi connectivity index (χ1) is 5.79. The Labute approximate surface area is 83.5 Å². The normalized spacial score (nSPS) is 10.5. The molecule has 0 heterocycles. The largest absolute Gasteiger partial charge is 0.206 e. The summed E-state index contributed by atoms with van der Waals surface area (Å²) in [5.41, 5.74) is 0. The smallest absolute Gasteiger partial charge is 0.131 e. The third-order valence-electron chi connectivity index (χ3n) is 1.82. The number of fused-ring (bicyclic) bond motifs is 1. The van der Waals surface area contributed by atoms with Crippen molar-refractivity contribution in [3.8, 4) is 0 Å². The minimum atomic E-state index is -0.147. The maximum Gasteiger partial charge on any atom is 0.131 e. The predicted octanol–water partition coefficient (Wildman–Crippen LogP) is 3.58. The van der Waals surface area contributed by atoms with Gasteiger partial charge in [0.15, 0.2) is 0 Å². The van der Waals surface area contributed by atoms with Crippen molar-refractivity contribution < 1.29 is 4.39 Å². The van der Waals surface area contributed by atoms with E-state index < -0.39 is 0 Å². The Balaban J connectivity index is 2.94. The summed E-state index contributed by atoms with van der Waals surface area (Å²) in [6, 6.07) is 10.8. The first-order valence-corrected chi connectivity index (χ1v) is 4.69. The standard InChI is InChI=1S/C10H6FI/c11-9-5-1-4-8-7(9)3-2-6-10(8)12/h1-6H. The molecule has 0 spiro atoms. The Morgan fingerprint density at radius 3 is 2.33 bits per heavy atom. The molecule has 0 aliphatic heterocycles. The number of rotatable bonds is 0. The topological polar surface area (TPSA) is 0 Å². The van der Waals surface area contributed by atoms with Crippen LogP contribution in [0.3, 0.4) is 0 Å². The molecule has 2 aromatic carbocycles. The Bertz CT molecular complexity index is 382. The summed E-state index contributed by atoms with van der Waals surface area (Å²) in [5, 5.41) is 1.68. The van der Waals surface area contributed by atoms with Gasteiger partial charge in [0.1, 0.15) is 5.82 Å². The molecule has 12 heavy (non-hydrogen) atoms. The summed E-state index contributed by atoms with van der Waals surface area (Å²) < 4.78 is 14.3. The van der Waals surface area contributed by atoms with E-state index in [1.54, 1.807) is 12.1 Å². The highest BCUT2D eigenvalue weighted by Gasteiger charge is 2.00. The Hall–Kier alpha value is -0.640. The van der Waals surface area contributed by atoms with E-state index >= 15 is 0 Å². The molecule has 2 aromatic rings. The molecule has 0 fully saturated rings. The highest BCUT2D eigenvalue weighted by molar-refractivity contribution is 14.1. The minimum Gasteiger partial charge on any atom is -0.206 e. The fourth-order valence-corrected chi connectivity index (χ4v) is 1.91. The summed E-state index contributed by atoms with van der Waals surface area (Å²) in [6.07, 6.45) is 0. The van der Waals surface area contributed by atoms with Crippen molar-refractivity contribution in [2.75, 3.05) is 0 Å². The van der Waals surface area contributed by atoms with Crippen LogP contribution in [0.25, 0.3) is 10.8 Å². The van der Waals surface area contributed by atoms with Crippen LogP contribution in [0, 0.1) is 9.39 Å². The van der Waals surface area contributed by atoms with Gasteiger partial charge >= 0.3 is 0 Å². The Morgan fingerprint density at radius 2 is 1.58 bits per heavy atom. The molecule has 0 saturated heterocycles. The van der Waals surface area contributed by atoms with Gasteiger partial charge in [-0.3, -0.25) is 0 Å². The van der Waals surface area contributed by atoms with Gasteiger partial charge in [-0.05, 0) is 40.1 Å². The van der Waals surface area contributed by atoms with E-state index in [1.165, 1.54) is 6.07 Å². The number of hydrogen-bond donors (Lipinski definition) is 0. The minimum absolute atomic E-state index is 0.147. The molecule has 0 nitrogen and oxygen atoms in total. The summed E-state index contributed by atoms with van der Waals surface area (Å²) >= 11 is 2.21. The summed E-state index contributed by atoms with van der Waals surface area (Å²) in [4.78, 5) is 0. The molecule has 0 radical (unpaired) electrons. The Kier molecular flexibility index (Phi) is 2.00. The van der Waals surface area contributed by atoms with Gasteiger partial charge < -0.3 is 0 Å². The van der Waals surface area contributed by atoms with Gasteiger partial charge in [0.2, 0.25) is 0 Å². The van der Waals surface area contributed by atoms with Gasteiger partial charge in [-0.15, -0.1) is 0 Å². The molecule has 0 aromatic heterocycles. The molecule has 0 aliphatic rings. The molecular weight excluding hydrogens is 266 g/mol. The van der Waals surface area contributed by atoms with Crippen LogP contribution >= 0.6 is 22.6 Å². The summed E-state index contributed by atoms with van der Waals surface area (Å²) in [7, 11) is 0. The van der Waals surface area contributed by atoms with Crippen molar-refractivity contribution in [1.82, 2.24) is 0 Å². The van der Waals surface area contributed by atoms with Gasteiger partial charge in [-0.1, -0.05) is 24.3 Å². The van der Waals surface area contributed by atoms with Crippen LogP contribution in [-0.4, -0.2) is 0 Å². The highest BCUT2D eigenvalue weighted by atomic mass is 127. The van der Waals surface area contributed by atoms with Crippen LogP contribution in [0.2, 0.25) is 0 Å². The lowest BCUT2D eigenvalue weighted by Gasteiger charge is -1.99. The monoisotopic (exact) mass is 272 g/mol. The zero-order valence-electron chi connectivity index (χ0n) is 6.22. The van der Waals surface area contributed by atoms with Crippen molar-refractivity contribution >= 4 is 33.4 Å². The Morgan fingerprint density at radius 1 is 0.917 bits per heavy atom. The van der Waals surface area contributed by atoms with Crippen molar-refractivity contribution in [3.63, 3.8) is 0 Å². The van der Waals surface area contributed by atoms with Crippen LogP contribution in [0.5, 0.6) is 0 Å². The number of benzene rings is 2. The van der Waals surface area contributed by atoms with E-state index in [-0.39, 0.29) is 5.82 Å². The molecule has 60 valence electrons. The molecule has 0 N–H and O–H groups in total. The van der Waals surface area contributed by atoms with Crippen molar-refractivity contribution in [1.29, 1.82) is 0 Å². The van der Waals surface area contributed by atoms with Gasteiger partial charge in [0.05, 0.1) is 0 Å². The number of halogens is 2. The second kappa shape index (κ2) is 3.01. The molecule has 2 heteroatoms. The average Bonchev–Trinajstić information content (AvgIpc) is 2.07. The van der Waals surface area contributed by atoms with Gasteiger partial charge in [-0.25, -0.2) is 4.39 Å². The third kappa shape index (κ3) is 1.20. The van der Waals surface area contributed by atoms with Crippen LogP contribution < -0.4 is 0 Å². The lowest BCUT2D eigenvalue weighted by molar-refractivity contribution is 0.640. The van der Waals surface area contributed by atoms with Crippen molar-refractivity contribution in [3.05, 3.63) is 45.8 Å². The van der Waals surface area contributed by atoms with E-state index in [0.717, 1.165) is 8.96 Å². The third-order valence-corrected chi connectivity index (χ3v) is 2.76. The van der Waals surface area contributed by atoms with E-state index in [4.69, 9.17) is 0 Å². The molecular formula is C10H6FI. The quantitative estimate of drug-likeness (QED) is 0.643. The molecule has 0 amide bonds. The van der Waals surface area contributed by atoms with Crippen molar-refractivity contribution in [2.24, 2.45) is 0 Å². The summed E-state index contributed by atoms with van der Waals surface area (Å²) in [5.74, 6) is -0.147. The first kappa shape index (κ1) is 7.98. The molecule has 0 bridgehead atoms. The second-order valence-corrected chi connectivity index (χ2v) is 3.74. The SMILES string of the molecule is Fc1cccc2c(I)cccc12. The summed E-state index contributed by atoms with van der Waals surface area (Å²) in [6.45, 7) is 0. The van der Waals surface area contributed by atoms with E-state index in [0.29, 0.717) is 5.39 Å². The van der Waals surface area contributed by atoms with Crippen LogP contribution in [0.1, 0.15) is 0 Å². The van der Waals surface area contributed by atoms with E-state index in [2.05, 4.69) is 22.6 Å². The molecule has 2 rings (SSSR count). The fraction of sp³-hybridized carbons (Fsp3) is 0. The highest BCUT2D eigenvalue weighted by Crippen LogP contribution is 2.22. The first-order valence-electron chi connectivity index (χ1n) is 3.62. The van der Waals surface area contributed by atoms with E-state index in [9.17, 15) is 4.39 Å². The lowest BCUT2D eigenvalue weighted by atomic mass is 10.1. The predicted molar refractivity (Wildman–Crippen MR) is 56.6 cm³/mol. The van der Waals surface area contributed by atoms with Crippen molar-refractivity contribution in [2.45, 2.75) is 0 Å². The number of hydrogen-bond acceptors (Lipinski definition) is 0. The average molecular weight is 272 g/mol. The molecule has 0 unspecified atom stereocenters. The zero-order valence-corrected chi connectivity index (χ0v) is 8.38. The van der Waals surface area contributed by atoms with Crippen LogP contribution in [0.15, 0.2) is 36.4 Å². The van der Waals surface area contributed by atoms with Gasteiger partial charge in [-0.2, -0.15) is 0 Å². The maximum atomic E-state index is 13.2.